The van der Waals surface area contributed by atoms with Crippen molar-refractivity contribution in [3.8, 4) is 0 Å². The smallest absolute Gasteiger partial charge is 0.267 e. The molecule has 3 rings (SSSR count). The zero-order valence-corrected chi connectivity index (χ0v) is 12.0. The molecule has 0 bridgehead atoms. The molecule has 0 aliphatic heterocycles. The Morgan fingerprint density at radius 2 is 1.85 bits per heavy atom. The minimum Gasteiger partial charge on any atom is -0.397 e. The number of thiophene rings is 1. The average Bonchev–Trinajstić information content (AvgIpc) is 2.79. The summed E-state index contributed by atoms with van der Waals surface area (Å²) in [6, 6.07) is 14.8. The molecule has 1 aromatic heterocycles. The fourth-order valence-corrected chi connectivity index (χ4v) is 3.38. The number of para-hydroxylation sites is 1. The van der Waals surface area contributed by atoms with Crippen LogP contribution in [0.4, 0.5) is 11.4 Å². The van der Waals surface area contributed by atoms with Gasteiger partial charge in [0.1, 0.15) is 4.88 Å². The largest absolute Gasteiger partial charge is 0.397 e. The maximum atomic E-state index is 12.3. The van der Waals surface area contributed by atoms with Crippen LogP contribution in [-0.4, -0.2) is 5.91 Å². The Hall–Kier alpha value is -2.04. The molecule has 0 radical (unpaired) electrons. The van der Waals surface area contributed by atoms with Crippen LogP contribution in [0, 0.1) is 0 Å². The first kappa shape index (κ1) is 13.0. The van der Waals surface area contributed by atoms with Gasteiger partial charge in [0.25, 0.3) is 5.91 Å². The Bertz CT molecular complexity index is 783. The van der Waals surface area contributed by atoms with Gasteiger partial charge < -0.3 is 11.1 Å². The molecule has 1 amide bonds. The van der Waals surface area contributed by atoms with Gasteiger partial charge in [0.05, 0.1) is 10.7 Å². The zero-order chi connectivity index (χ0) is 14.1. The monoisotopic (exact) mass is 302 g/mol. The van der Waals surface area contributed by atoms with Crippen molar-refractivity contribution >= 4 is 50.3 Å². The van der Waals surface area contributed by atoms with E-state index in [1.54, 1.807) is 6.07 Å². The third kappa shape index (κ3) is 2.24. The van der Waals surface area contributed by atoms with Crippen molar-refractivity contribution in [3.05, 3.63) is 58.4 Å². The van der Waals surface area contributed by atoms with Gasteiger partial charge in [-0.25, -0.2) is 0 Å². The summed E-state index contributed by atoms with van der Waals surface area (Å²) < 4.78 is 0.910. The fraction of sp³-hybridized carbons (Fsp3) is 0. The average molecular weight is 303 g/mol. The van der Waals surface area contributed by atoms with E-state index in [0.717, 1.165) is 15.8 Å². The molecular formula is C15H11ClN2OS. The molecule has 2 aromatic carbocycles. The number of carbonyl (C=O) groups is 1. The molecule has 20 heavy (non-hydrogen) atoms. The third-order valence-corrected chi connectivity index (χ3v) is 4.42. The minimum absolute atomic E-state index is 0.217. The summed E-state index contributed by atoms with van der Waals surface area (Å²) in [6.45, 7) is 0. The Kier molecular flexibility index (Phi) is 3.34. The van der Waals surface area contributed by atoms with E-state index >= 15 is 0 Å². The molecule has 3 aromatic rings. The van der Waals surface area contributed by atoms with E-state index in [2.05, 4.69) is 5.32 Å². The molecule has 100 valence electrons. The van der Waals surface area contributed by atoms with Crippen molar-refractivity contribution in [2.45, 2.75) is 0 Å². The minimum atomic E-state index is -0.217. The number of nitrogens with two attached hydrogens (primary N) is 1. The lowest BCUT2D eigenvalue weighted by Gasteiger charge is -2.03. The summed E-state index contributed by atoms with van der Waals surface area (Å²) in [4.78, 5) is 12.8. The predicted octanol–water partition coefficient (Wildman–Crippen LogP) is 4.39. The number of anilines is 2. The molecule has 0 unspecified atom stereocenters. The summed E-state index contributed by atoms with van der Waals surface area (Å²) in [5.41, 5.74) is 7.23. The second-order valence-corrected chi connectivity index (χ2v) is 5.74. The van der Waals surface area contributed by atoms with E-state index in [9.17, 15) is 4.79 Å². The number of halogens is 1. The van der Waals surface area contributed by atoms with E-state index < -0.39 is 0 Å². The Morgan fingerprint density at radius 3 is 2.55 bits per heavy atom. The van der Waals surface area contributed by atoms with Gasteiger partial charge in [-0.15, -0.1) is 11.3 Å². The first-order chi connectivity index (χ1) is 9.66. The second-order valence-electron chi connectivity index (χ2n) is 4.28. The fourth-order valence-electron chi connectivity index (χ4n) is 2.01. The zero-order valence-electron chi connectivity index (χ0n) is 10.4. The van der Waals surface area contributed by atoms with E-state index in [-0.39, 0.29) is 5.91 Å². The number of hydrogen-bond acceptors (Lipinski definition) is 3. The van der Waals surface area contributed by atoms with Gasteiger partial charge in [0.15, 0.2) is 0 Å². The summed E-state index contributed by atoms with van der Waals surface area (Å²) in [5, 5.41) is 4.14. The van der Waals surface area contributed by atoms with Crippen LogP contribution in [0.1, 0.15) is 9.67 Å². The van der Waals surface area contributed by atoms with Crippen molar-refractivity contribution in [3.63, 3.8) is 0 Å². The second kappa shape index (κ2) is 5.15. The number of amides is 1. The number of benzene rings is 2. The van der Waals surface area contributed by atoms with Crippen molar-refractivity contribution in [1.82, 2.24) is 0 Å². The Labute approximate surface area is 125 Å². The van der Waals surface area contributed by atoms with Gasteiger partial charge in [0, 0.05) is 15.8 Å². The predicted molar refractivity (Wildman–Crippen MR) is 85.6 cm³/mol. The lowest BCUT2D eigenvalue weighted by molar-refractivity contribution is 0.103. The molecule has 0 spiro atoms. The van der Waals surface area contributed by atoms with Crippen molar-refractivity contribution in [2.24, 2.45) is 0 Å². The van der Waals surface area contributed by atoms with Crippen LogP contribution >= 0.6 is 22.9 Å². The first-order valence-electron chi connectivity index (χ1n) is 5.99. The normalized spacial score (nSPS) is 10.7. The van der Waals surface area contributed by atoms with E-state index in [0.29, 0.717) is 15.6 Å². The lowest BCUT2D eigenvalue weighted by atomic mass is 10.2. The number of nitrogens with one attached hydrogen (secondary N) is 1. The van der Waals surface area contributed by atoms with Gasteiger partial charge in [-0.1, -0.05) is 35.9 Å². The standard InChI is InChI=1S/C15H11ClN2OS/c16-10-7-4-8-11-12(10)13(17)14(20-11)15(19)18-9-5-2-1-3-6-9/h1-8H,17H2,(H,18,19). The molecule has 0 saturated carbocycles. The van der Waals surface area contributed by atoms with Gasteiger partial charge in [0.2, 0.25) is 0 Å². The van der Waals surface area contributed by atoms with Gasteiger partial charge in [-0.2, -0.15) is 0 Å². The third-order valence-electron chi connectivity index (χ3n) is 2.94. The molecule has 3 N–H and O–H groups in total. The maximum Gasteiger partial charge on any atom is 0.267 e. The molecule has 0 saturated heterocycles. The highest BCUT2D eigenvalue weighted by atomic mass is 35.5. The molecule has 0 atom stereocenters. The van der Waals surface area contributed by atoms with Crippen LogP contribution in [0.2, 0.25) is 5.02 Å². The number of rotatable bonds is 2. The Balaban J connectivity index is 2.00. The molecule has 0 fully saturated rings. The molecule has 5 heteroatoms. The molecule has 0 aliphatic rings. The molecule has 1 heterocycles. The lowest BCUT2D eigenvalue weighted by Crippen LogP contribution is -2.11. The highest BCUT2D eigenvalue weighted by Crippen LogP contribution is 2.38. The quantitative estimate of drug-likeness (QED) is 0.737. The van der Waals surface area contributed by atoms with Crippen LogP contribution in [0.25, 0.3) is 10.1 Å². The molecular weight excluding hydrogens is 292 g/mol. The van der Waals surface area contributed by atoms with Crippen LogP contribution < -0.4 is 11.1 Å². The molecule has 3 nitrogen and oxygen atoms in total. The van der Waals surface area contributed by atoms with Gasteiger partial charge in [-0.3, -0.25) is 4.79 Å². The van der Waals surface area contributed by atoms with Crippen molar-refractivity contribution in [1.29, 1.82) is 0 Å². The van der Waals surface area contributed by atoms with Gasteiger partial charge in [-0.05, 0) is 24.3 Å². The summed E-state index contributed by atoms with van der Waals surface area (Å²) in [5.74, 6) is -0.217. The topological polar surface area (TPSA) is 55.1 Å². The van der Waals surface area contributed by atoms with E-state index in [1.807, 2.05) is 42.5 Å². The number of fused-ring (bicyclic) bond motifs is 1. The number of carbonyl (C=O) groups excluding carboxylic acids is 1. The van der Waals surface area contributed by atoms with Crippen LogP contribution in [0.5, 0.6) is 0 Å². The number of nitrogen functional groups attached to an aromatic ring is 1. The number of hydrogen-bond donors (Lipinski definition) is 2. The Morgan fingerprint density at radius 1 is 1.10 bits per heavy atom. The SMILES string of the molecule is Nc1c(C(=O)Nc2ccccc2)sc2cccc(Cl)c12. The molecule has 0 aliphatic carbocycles. The van der Waals surface area contributed by atoms with Gasteiger partial charge >= 0.3 is 0 Å². The van der Waals surface area contributed by atoms with Crippen LogP contribution in [-0.2, 0) is 0 Å². The summed E-state index contributed by atoms with van der Waals surface area (Å²) in [6.07, 6.45) is 0. The van der Waals surface area contributed by atoms with Crippen molar-refractivity contribution in [2.75, 3.05) is 11.1 Å². The van der Waals surface area contributed by atoms with Crippen LogP contribution in [0.15, 0.2) is 48.5 Å². The first-order valence-corrected chi connectivity index (χ1v) is 7.19. The highest BCUT2D eigenvalue weighted by molar-refractivity contribution is 7.21. The van der Waals surface area contributed by atoms with Crippen LogP contribution in [0.3, 0.4) is 0 Å². The summed E-state index contributed by atoms with van der Waals surface area (Å²) in [7, 11) is 0. The van der Waals surface area contributed by atoms with Crippen molar-refractivity contribution < 1.29 is 4.79 Å². The maximum absolute atomic E-state index is 12.3. The summed E-state index contributed by atoms with van der Waals surface area (Å²) >= 11 is 7.48. The highest BCUT2D eigenvalue weighted by Gasteiger charge is 2.18. The van der Waals surface area contributed by atoms with E-state index in [1.165, 1.54) is 11.3 Å². The van der Waals surface area contributed by atoms with E-state index in [4.69, 9.17) is 17.3 Å².